The third-order valence-corrected chi connectivity index (χ3v) is 3.87. The Morgan fingerprint density at radius 3 is 2.78 bits per heavy atom. The lowest BCUT2D eigenvalue weighted by molar-refractivity contribution is -0.221. The van der Waals surface area contributed by atoms with Gasteiger partial charge in [-0.05, 0) is 0 Å². The maximum atomic E-state index is 10.2. The van der Waals surface area contributed by atoms with E-state index in [1.54, 1.807) is 4.90 Å². The van der Waals surface area contributed by atoms with Gasteiger partial charge in [0.1, 0.15) is 12.1 Å². The molecule has 100 valence electrons. The molecule has 0 aromatic carbocycles. The van der Waals surface area contributed by atoms with Gasteiger partial charge in [-0.3, -0.25) is 0 Å². The molecular weight excluding hydrogens is 240 g/mol. The predicted octanol–water partition coefficient (Wildman–Crippen LogP) is -3.95. The Hall–Kier alpha value is -1.58. The van der Waals surface area contributed by atoms with Crippen molar-refractivity contribution in [1.82, 2.24) is 10.2 Å². The number of nitrogens with two attached hydrogens (primary N) is 2. The molecule has 9 heteroatoms. The van der Waals surface area contributed by atoms with Crippen molar-refractivity contribution in [2.24, 2.45) is 21.5 Å². The summed E-state index contributed by atoms with van der Waals surface area (Å²) in [5, 5.41) is 32.6. The fourth-order valence-electron chi connectivity index (χ4n) is 3.07. The molecule has 1 unspecified atom stereocenters. The summed E-state index contributed by atoms with van der Waals surface area (Å²) in [6.07, 6.45) is 0.0909. The van der Waals surface area contributed by atoms with E-state index in [0.717, 1.165) is 0 Å². The first-order valence-corrected chi connectivity index (χ1v) is 5.70. The van der Waals surface area contributed by atoms with Crippen molar-refractivity contribution in [1.29, 1.82) is 0 Å². The van der Waals surface area contributed by atoms with Gasteiger partial charge in [-0.1, -0.05) is 0 Å². The fourth-order valence-corrected chi connectivity index (χ4v) is 3.07. The van der Waals surface area contributed by atoms with Crippen molar-refractivity contribution >= 4 is 11.9 Å². The van der Waals surface area contributed by atoms with Gasteiger partial charge >= 0.3 is 0 Å². The van der Waals surface area contributed by atoms with Crippen molar-refractivity contribution in [3.63, 3.8) is 0 Å². The maximum Gasteiger partial charge on any atom is 0.210 e. The largest absolute Gasteiger partial charge is 0.394 e. The third-order valence-electron chi connectivity index (χ3n) is 3.87. The number of hydrogen-bond acceptors (Lipinski definition) is 9. The molecule has 0 radical (unpaired) electrons. The van der Waals surface area contributed by atoms with Crippen LogP contribution in [0.2, 0.25) is 0 Å². The normalized spacial score (nSPS) is 40.7. The molecule has 3 rings (SSSR count). The zero-order chi connectivity index (χ0) is 13.1. The minimum Gasteiger partial charge on any atom is -0.394 e. The van der Waals surface area contributed by atoms with Crippen molar-refractivity contribution in [2.75, 3.05) is 13.2 Å². The highest BCUT2D eigenvalue weighted by Gasteiger charge is 2.69. The summed E-state index contributed by atoms with van der Waals surface area (Å²) >= 11 is 0. The lowest BCUT2D eigenvalue weighted by Crippen LogP contribution is -2.76. The predicted molar refractivity (Wildman–Crippen MR) is 62.3 cm³/mol. The van der Waals surface area contributed by atoms with Crippen LogP contribution in [0.4, 0.5) is 0 Å². The number of aliphatic imine (C=N–C) groups is 2. The minimum atomic E-state index is -2.05. The van der Waals surface area contributed by atoms with E-state index >= 15 is 0 Å². The topological polar surface area (TPSA) is 153 Å². The van der Waals surface area contributed by atoms with Crippen molar-refractivity contribution in [3.05, 3.63) is 0 Å². The smallest absolute Gasteiger partial charge is 0.210 e. The van der Waals surface area contributed by atoms with Crippen LogP contribution in [0.15, 0.2) is 9.98 Å². The minimum absolute atomic E-state index is 0.0859. The number of guanidine groups is 2. The number of nitrogens with zero attached hydrogens (tertiary/aromatic N) is 3. The van der Waals surface area contributed by atoms with Gasteiger partial charge in [0.25, 0.3) is 0 Å². The van der Waals surface area contributed by atoms with Gasteiger partial charge in [0.05, 0.1) is 6.61 Å². The molecular formula is C9H16N6O3. The molecule has 3 atom stereocenters. The number of rotatable bonds is 1. The Kier molecular flexibility index (Phi) is 2.08. The molecule has 0 aromatic rings. The van der Waals surface area contributed by atoms with E-state index in [-0.39, 0.29) is 24.9 Å². The highest BCUT2D eigenvalue weighted by Crippen LogP contribution is 2.44. The molecule has 3 heterocycles. The summed E-state index contributed by atoms with van der Waals surface area (Å²) in [6.45, 7) is 0.0300. The number of aliphatic hydroxyl groups is 3. The van der Waals surface area contributed by atoms with Crippen LogP contribution in [0, 0.1) is 0 Å². The van der Waals surface area contributed by atoms with Crippen LogP contribution in [0.25, 0.3) is 0 Å². The molecule has 9 nitrogen and oxygen atoms in total. The zero-order valence-electron chi connectivity index (χ0n) is 9.61. The van der Waals surface area contributed by atoms with Gasteiger partial charge in [0.2, 0.25) is 5.79 Å². The van der Waals surface area contributed by atoms with E-state index in [4.69, 9.17) is 11.5 Å². The summed E-state index contributed by atoms with van der Waals surface area (Å²) < 4.78 is 0. The second-order valence-corrected chi connectivity index (χ2v) is 4.81. The van der Waals surface area contributed by atoms with E-state index in [2.05, 4.69) is 15.3 Å². The van der Waals surface area contributed by atoms with Crippen LogP contribution in [0.5, 0.6) is 0 Å². The molecule has 0 aromatic heterocycles. The molecule has 1 fully saturated rings. The third kappa shape index (κ3) is 1.11. The number of nitrogens with one attached hydrogen (secondary N) is 1. The Balaban J connectivity index is 2.15. The van der Waals surface area contributed by atoms with Gasteiger partial charge in [-0.2, -0.15) is 0 Å². The number of hydrogen-bond donors (Lipinski definition) is 6. The fraction of sp³-hybridized carbons (Fsp3) is 0.778. The first kappa shape index (κ1) is 11.5. The molecule has 3 aliphatic heterocycles. The van der Waals surface area contributed by atoms with E-state index < -0.39 is 23.5 Å². The molecule has 1 saturated heterocycles. The van der Waals surface area contributed by atoms with Crippen LogP contribution in [-0.4, -0.2) is 68.8 Å². The Morgan fingerprint density at radius 1 is 1.39 bits per heavy atom. The SMILES string of the molecule is NC1=N[C@H]2[C@@H](CO)N=C(N)N3CCC(O)(O)C23N1. The monoisotopic (exact) mass is 256 g/mol. The maximum absolute atomic E-state index is 10.2. The molecule has 0 amide bonds. The van der Waals surface area contributed by atoms with Crippen LogP contribution < -0.4 is 16.8 Å². The molecule has 0 aliphatic carbocycles. The van der Waals surface area contributed by atoms with E-state index in [1.807, 2.05) is 0 Å². The average molecular weight is 256 g/mol. The Labute approximate surface area is 103 Å². The van der Waals surface area contributed by atoms with Crippen LogP contribution in [0.1, 0.15) is 6.42 Å². The van der Waals surface area contributed by atoms with Crippen LogP contribution in [0.3, 0.4) is 0 Å². The summed E-state index contributed by atoms with van der Waals surface area (Å²) in [6, 6.07) is -1.33. The highest BCUT2D eigenvalue weighted by atomic mass is 16.5. The Morgan fingerprint density at radius 2 is 2.11 bits per heavy atom. The summed E-state index contributed by atoms with van der Waals surface area (Å²) in [5.41, 5.74) is 10.1. The van der Waals surface area contributed by atoms with Crippen LogP contribution >= 0.6 is 0 Å². The number of aliphatic hydroxyl groups excluding tert-OH is 1. The first-order valence-electron chi connectivity index (χ1n) is 5.70. The summed E-state index contributed by atoms with van der Waals surface area (Å²) in [4.78, 5) is 9.80. The van der Waals surface area contributed by atoms with Crippen LogP contribution in [-0.2, 0) is 0 Å². The molecule has 18 heavy (non-hydrogen) atoms. The van der Waals surface area contributed by atoms with Gasteiger partial charge in [-0.25, -0.2) is 9.98 Å². The summed E-state index contributed by atoms with van der Waals surface area (Å²) in [7, 11) is 0. The van der Waals surface area contributed by atoms with E-state index in [9.17, 15) is 15.3 Å². The van der Waals surface area contributed by atoms with Gasteiger partial charge in [0.15, 0.2) is 17.6 Å². The van der Waals surface area contributed by atoms with Crippen molar-refractivity contribution in [2.45, 2.75) is 30.0 Å². The van der Waals surface area contributed by atoms with E-state index in [1.165, 1.54) is 0 Å². The van der Waals surface area contributed by atoms with Gasteiger partial charge < -0.3 is 37.0 Å². The molecule has 0 saturated carbocycles. The Bertz CT molecular complexity index is 450. The van der Waals surface area contributed by atoms with Gasteiger partial charge in [0, 0.05) is 13.0 Å². The second-order valence-electron chi connectivity index (χ2n) is 4.81. The second kappa shape index (κ2) is 3.25. The summed E-state index contributed by atoms with van der Waals surface area (Å²) in [5.74, 6) is -1.81. The standard InChI is InChI=1S/C9H16N6O3/c10-6-13-5-4(3-16)12-7(11)15-2-1-8(17,18)9(5,15)14-6/h4-5,16-18H,1-3H2,(H2,11,12)(H3,10,13,14)/t4-,5+,9?/m1/s1. The lowest BCUT2D eigenvalue weighted by atomic mass is 9.87. The quantitative estimate of drug-likeness (QED) is 0.262. The first-order chi connectivity index (χ1) is 8.42. The average Bonchev–Trinajstić information content (AvgIpc) is 2.77. The van der Waals surface area contributed by atoms with Crippen molar-refractivity contribution in [3.8, 4) is 0 Å². The molecule has 8 N–H and O–H groups in total. The van der Waals surface area contributed by atoms with Crippen molar-refractivity contribution < 1.29 is 15.3 Å². The lowest BCUT2D eigenvalue weighted by Gasteiger charge is -2.48. The molecule has 1 spiro atoms. The molecule has 3 aliphatic rings. The molecule has 0 bridgehead atoms. The van der Waals surface area contributed by atoms with E-state index in [0.29, 0.717) is 6.54 Å². The zero-order valence-corrected chi connectivity index (χ0v) is 9.61. The van der Waals surface area contributed by atoms with Gasteiger partial charge in [-0.15, -0.1) is 0 Å². The highest BCUT2D eigenvalue weighted by molar-refractivity contribution is 5.87.